The normalized spacial score (nSPS) is 20.2. The number of nitrogens with zero attached hydrogens (tertiary/aromatic N) is 9. The summed E-state index contributed by atoms with van der Waals surface area (Å²) >= 11 is 0. The van der Waals surface area contributed by atoms with Crippen LogP contribution in [0.3, 0.4) is 0 Å². The first-order valence-corrected chi connectivity index (χ1v) is 12.7. The molecule has 0 radical (unpaired) electrons. The van der Waals surface area contributed by atoms with Crippen molar-refractivity contribution in [3.05, 3.63) is 47.8 Å². The van der Waals surface area contributed by atoms with E-state index in [-0.39, 0.29) is 11.9 Å². The first-order valence-electron chi connectivity index (χ1n) is 12.7. The van der Waals surface area contributed by atoms with Gasteiger partial charge in [-0.25, -0.2) is 9.67 Å². The van der Waals surface area contributed by atoms with Gasteiger partial charge in [0.15, 0.2) is 0 Å². The maximum Gasteiger partial charge on any atom is 0.255 e. The highest BCUT2D eigenvalue weighted by molar-refractivity contribution is 6.07. The standard InChI is InChI=1S/C26H31N11O/c1-15-14-36(11-10-34(15)4)22-12-18(8-9-27-22)24-20-13-19(6-7-21(20)29-30-24)28-25(38)23-16(2)35(5)26-31-32-33-37(26)17(23)3/h6-9,12-13,15,17H,10-11,14H2,1-5H3,(H,28,38)(H,29,30)/t15-,17-/m0/s1. The molecule has 12 heteroatoms. The van der Waals surface area contributed by atoms with Crippen LogP contribution >= 0.6 is 0 Å². The molecule has 0 aliphatic carbocycles. The highest BCUT2D eigenvalue weighted by Gasteiger charge is 2.32. The molecule has 1 saturated heterocycles. The Labute approximate surface area is 220 Å². The lowest BCUT2D eigenvalue weighted by atomic mass is 10.0. The second-order valence-corrected chi connectivity index (χ2v) is 10.1. The summed E-state index contributed by atoms with van der Waals surface area (Å²) in [5.74, 6) is 1.37. The van der Waals surface area contributed by atoms with Crippen molar-refractivity contribution in [3.63, 3.8) is 0 Å². The van der Waals surface area contributed by atoms with Crippen LogP contribution in [0.25, 0.3) is 22.2 Å². The van der Waals surface area contributed by atoms with Gasteiger partial charge in [-0.2, -0.15) is 5.10 Å². The van der Waals surface area contributed by atoms with Gasteiger partial charge in [0.25, 0.3) is 5.91 Å². The lowest BCUT2D eigenvalue weighted by molar-refractivity contribution is -0.113. The zero-order valence-corrected chi connectivity index (χ0v) is 22.2. The Hall–Kier alpha value is -4.32. The van der Waals surface area contributed by atoms with E-state index in [4.69, 9.17) is 0 Å². The Morgan fingerprint density at radius 1 is 1.13 bits per heavy atom. The van der Waals surface area contributed by atoms with Crippen molar-refractivity contribution in [3.8, 4) is 11.3 Å². The maximum absolute atomic E-state index is 13.4. The Balaban J connectivity index is 1.28. The molecule has 2 aliphatic heterocycles. The number of carbonyl (C=O) groups is 1. The van der Waals surface area contributed by atoms with Gasteiger partial charge in [-0.05, 0) is 68.6 Å². The molecule has 2 N–H and O–H groups in total. The second kappa shape index (κ2) is 9.21. The van der Waals surface area contributed by atoms with Crippen molar-refractivity contribution in [2.24, 2.45) is 0 Å². The minimum atomic E-state index is -0.294. The Bertz CT molecular complexity index is 1550. The van der Waals surface area contributed by atoms with Crippen LogP contribution < -0.4 is 15.1 Å². The molecule has 6 rings (SSSR count). The van der Waals surface area contributed by atoms with E-state index in [9.17, 15) is 4.79 Å². The minimum absolute atomic E-state index is 0.192. The fourth-order valence-electron chi connectivity index (χ4n) is 5.28. The number of carbonyl (C=O) groups excluding carboxylic acids is 1. The fourth-order valence-corrected chi connectivity index (χ4v) is 5.28. The number of likely N-dealkylation sites (N-methyl/N-ethyl adjacent to an activating group) is 1. The number of pyridine rings is 1. The molecular formula is C26H31N11O. The SMILES string of the molecule is CC1=C(C(=O)Nc2ccc3[nH]nc(-c4ccnc(N5CCN(C)[C@@H](C)C5)c4)c3c2)[C@H](C)n2nnnc2N1C. The number of hydrogen-bond acceptors (Lipinski definition) is 9. The molecule has 0 unspecified atom stereocenters. The van der Waals surface area contributed by atoms with E-state index in [1.54, 1.807) is 4.68 Å². The highest BCUT2D eigenvalue weighted by atomic mass is 16.1. The van der Waals surface area contributed by atoms with Crippen LogP contribution in [0.4, 0.5) is 17.5 Å². The number of allylic oxidation sites excluding steroid dienone is 1. The van der Waals surface area contributed by atoms with Crippen molar-refractivity contribution in [1.82, 2.24) is 40.3 Å². The van der Waals surface area contributed by atoms with Crippen molar-refractivity contribution in [1.29, 1.82) is 0 Å². The van der Waals surface area contributed by atoms with Crippen LogP contribution in [0.2, 0.25) is 0 Å². The predicted molar refractivity (Wildman–Crippen MR) is 146 cm³/mol. The van der Waals surface area contributed by atoms with Gasteiger partial charge in [0, 0.05) is 61.3 Å². The van der Waals surface area contributed by atoms with E-state index in [1.165, 1.54) is 0 Å². The highest BCUT2D eigenvalue weighted by Crippen LogP contribution is 2.34. The number of hydrogen-bond donors (Lipinski definition) is 2. The number of H-pyrrole nitrogens is 1. The molecular weight excluding hydrogens is 482 g/mol. The molecule has 0 saturated carbocycles. The van der Waals surface area contributed by atoms with Gasteiger partial charge >= 0.3 is 0 Å². The van der Waals surface area contributed by atoms with Crippen molar-refractivity contribution < 1.29 is 4.79 Å². The summed E-state index contributed by atoms with van der Waals surface area (Å²) in [4.78, 5) is 24.6. The van der Waals surface area contributed by atoms with E-state index in [2.05, 4.69) is 65.9 Å². The molecule has 0 spiro atoms. The van der Waals surface area contributed by atoms with E-state index in [0.29, 0.717) is 23.3 Å². The smallest absolute Gasteiger partial charge is 0.255 e. The largest absolute Gasteiger partial charge is 0.354 e. The van der Waals surface area contributed by atoms with Crippen LogP contribution in [0.5, 0.6) is 0 Å². The van der Waals surface area contributed by atoms with Crippen LogP contribution in [-0.4, -0.2) is 86.0 Å². The number of aromatic amines is 1. The van der Waals surface area contributed by atoms with E-state index in [1.807, 2.05) is 56.3 Å². The number of nitrogens with one attached hydrogen (secondary N) is 2. The molecule has 1 aromatic carbocycles. The molecule has 2 atom stereocenters. The zero-order chi connectivity index (χ0) is 26.6. The summed E-state index contributed by atoms with van der Waals surface area (Å²) in [6, 6.07) is 10.0. The molecule has 12 nitrogen and oxygen atoms in total. The van der Waals surface area contributed by atoms with Gasteiger partial charge < -0.3 is 20.0 Å². The molecule has 0 bridgehead atoms. The third kappa shape index (κ3) is 3.97. The lowest BCUT2D eigenvalue weighted by Crippen LogP contribution is -2.50. The average molecular weight is 514 g/mol. The quantitative estimate of drug-likeness (QED) is 0.424. The average Bonchev–Trinajstić information content (AvgIpc) is 3.57. The monoisotopic (exact) mass is 513 g/mol. The number of piperazine rings is 1. The number of benzene rings is 1. The number of tetrazole rings is 1. The van der Waals surface area contributed by atoms with E-state index in [0.717, 1.165) is 53.3 Å². The lowest BCUT2D eigenvalue weighted by Gasteiger charge is -2.38. The predicted octanol–water partition coefficient (Wildman–Crippen LogP) is 2.68. The molecule has 5 heterocycles. The minimum Gasteiger partial charge on any atom is -0.354 e. The Morgan fingerprint density at radius 3 is 2.79 bits per heavy atom. The first-order chi connectivity index (χ1) is 18.3. The number of amides is 1. The van der Waals surface area contributed by atoms with Crippen LogP contribution in [0.15, 0.2) is 47.8 Å². The van der Waals surface area contributed by atoms with Crippen LogP contribution in [0, 0.1) is 0 Å². The van der Waals surface area contributed by atoms with E-state index >= 15 is 0 Å². The second-order valence-electron chi connectivity index (χ2n) is 10.1. The number of aromatic nitrogens is 7. The summed E-state index contributed by atoms with van der Waals surface area (Å²) in [5.41, 5.74) is 4.80. The van der Waals surface area contributed by atoms with Crippen molar-refractivity contribution in [2.75, 3.05) is 48.8 Å². The summed E-state index contributed by atoms with van der Waals surface area (Å²) < 4.78 is 1.65. The first kappa shape index (κ1) is 24.0. The van der Waals surface area contributed by atoms with Gasteiger partial charge in [-0.1, -0.05) is 5.10 Å². The molecule has 4 aromatic rings. The number of rotatable bonds is 4. The summed E-state index contributed by atoms with van der Waals surface area (Å²) in [6.07, 6.45) is 1.84. The Kier molecular flexibility index (Phi) is 5.83. The van der Waals surface area contributed by atoms with Gasteiger partial charge in [-0.15, -0.1) is 0 Å². The fraction of sp³-hybridized carbons (Fsp3) is 0.385. The van der Waals surface area contributed by atoms with Gasteiger partial charge in [-0.3, -0.25) is 9.89 Å². The Morgan fingerprint density at radius 2 is 1.97 bits per heavy atom. The molecule has 1 fully saturated rings. The third-order valence-corrected chi connectivity index (χ3v) is 7.82. The molecule has 3 aromatic heterocycles. The van der Waals surface area contributed by atoms with Gasteiger partial charge in [0.2, 0.25) is 5.95 Å². The molecule has 2 aliphatic rings. The van der Waals surface area contributed by atoms with Crippen LogP contribution in [0.1, 0.15) is 26.8 Å². The summed E-state index contributed by atoms with van der Waals surface area (Å²) in [7, 11) is 4.01. The number of fused-ring (bicyclic) bond motifs is 2. The molecule has 1 amide bonds. The van der Waals surface area contributed by atoms with Gasteiger partial charge in [0.1, 0.15) is 11.5 Å². The summed E-state index contributed by atoms with van der Waals surface area (Å²) in [5, 5.41) is 23.6. The zero-order valence-electron chi connectivity index (χ0n) is 22.2. The van der Waals surface area contributed by atoms with Crippen LogP contribution in [-0.2, 0) is 4.79 Å². The number of anilines is 3. The van der Waals surface area contributed by atoms with Crippen molar-refractivity contribution in [2.45, 2.75) is 32.9 Å². The maximum atomic E-state index is 13.4. The molecule has 38 heavy (non-hydrogen) atoms. The topological polar surface area (TPSA) is 124 Å². The summed E-state index contributed by atoms with van der Waals surface area (Å²) in [6.45, 7) is 8.93. The van der Waals surface area contributed by atoms with E-state index < -0.39 is 0 Å². The van der Waals surface area contributed by atoms with Crippen molar-refractivity contribution >= 4 is 34.3 Å². The van der Waals surface area contributed by atoms with Gasteiger partial charge in [0.05, 0.1) is 17.1 Å². The third-order valence-electron chi connectivity index (χ3n) is 7.82. The molecule has 196 valence electrons.